The number of ether oxygens (including phenoxy) is 5. The molecule has 0 N–H and O–H groups in total. The Morgan fingerprint density at radius 3 is 2.58 bits per heavy atom. The fraction of sp³-hybridized carbons (Fsp3) is 0.778. The van der Waals surface area contributed by atoms with Crippen molar-refractivity contribution >= 4 is 0 Å². The van der Waals surface area contributed by atoms with Gasteiger partial charge in [-0.1, -0.05) is 19.4 Å². The monoisotopic (exact) mass is 457 g/mol. The summed E-state index contributed by atoms with van der Waals surface area (Å²) < 4.78 is 32.2. The highest BCUT2D eigenvalue weighted by atomic mass is 16.7. The Bertz CT molecular complexity index is 912. The maximum Gasteiger partial charge on any atom is 0.206 e. The van der Waals surface area contributed by atoms with Crippen LogP contribution < -0.4 is 9.47 Å². The molecule has 33 heavy (non-hydrogen) atoms. The SMILES string of the molecule is CCCCOc1ccc2c3c1O[C@H]1C(OC)(OC)CC[C@@]4(OC)[C@@H](C2)N(CC2CC2)CC[C@]314. The van der Waals surface area contributed by atoms with Crippen LogP contribution in [0.5, 0.6) is 11.5 Å². The molecule has 5 aliphatic rings. The average Bonchev–Trinajstić information content (AvgIpc) is 3.59. The van der Waals surface area contributed by atoms with Gasteiger partial charge in [-0.05, 0) is 62.6 Å². The number of hydrogen-bond acceptors (Lipinski definition) is 6. The number of piperidine rings is 1. The van der Waals surface area contributed by atoms with Gasteiger partial charge >= 0.3 is 0 Å². The van der Waals surface area contributed by atoms with Crippen LogP contribution in [-0.4, -0.2) is 69.5 Å². The molecule has 6 nitrogen and oxygen atoms in total. The van der Waals surface area contributed by atoms with Gasteiger partial charge in [0.1, 0.15) is 0 Å². The zero-order valence-corrected chi connectivity index (χ0v) is 20.7. The van der Waals surface area contributed by atoms with E-state index in [-0.39, 0.29) is 17.1 Å². The molecule has 0 radical (unpaired) electrons. The number of methoxy groups -OCH3 is 3. The van der Waals surface area contributed by atoms with Gasteiger partial charge in [0.2, 0.25) is 5.79 Å². The molecule has 2 bridgehead atoms. The lowest BCUT2D eigenvalue weighted by molar-refractivity contribution is -0.323. The van der Waals surface area contributed by atoms with E-state index in [4.69, 9.17) is 23.7 Å². The highest BCUT2D eigenvalue weighted by molar-refractivity contribution is 5.63. The van der Waals surface area contributed by atoms with Crippen molar-refractivity contribution in [3.8, 4) is 11.5 Å². The van der Waals surface area contributed by atoms with E-state index in [0.29, 0.717) is 12.6 Å². The summed E-state index contributed by atoms with van der Waals surface area (Å²) in [6.45, 7) is 5.15. The van der Waals surface area contributed by atoms with Crippen molar-refractivity contribution in [1.29, 1.82) is 0 Å². The van der Waals surface area contributed by atoms with E-state index >= 15 is 0 Å². The highest BCUT2D eigenvalue weighted by Crippen LogP contribution is 2.68. The molecule has 1 aromatic rings. The minimum Gasteiger partial charge on any atom is -0.490 e. The van der Waals surface area contributed by atoms with Gasteiger partial charge in [0, 0.05) is 45.9 Å². The second-order valence-electron chi connectivity index (χ2n) is 10.8. The molecule has 0 aromatic heterocycles. The molecule has 6 heteroatoms. The first kappa shape index (κ1) is 22.1. The maximum absolute atomic E-state index is 6.92. The molecule has 1 saturated heterocycles. The van der Waals surface area contributed by atoms with Crippen molar-refractivity contribution in [2.24, 2.45) is 5.92 Å². The first-order chi connectivity index (χ1) is 16.1. The third-order valence-corrected chi connectivity index (χ3v) is 9.52. The Kier molecular flexibility index (Phi) is 5.26. The number of likely N-dealkylation sites (tertiary alicyclic amines) is 1. The summed E-state index contributed by atoms with van der Waals surface area (Å²) in [7, 11) is 5.44. The van der Waals surface area contributed by atoms with E-state index in [0.717, 1.165) is 62.5 Å². The van der Waals surface area contributed by atoms with Crippen molar-refractivity contribution in [3.63, 3.8) is 0 Å². The number of rotatable bonds is 9. The molecular formula is C27H39NO5. The van der Waals surface area contributed by atoms with Crippen LogP contribution in [0.2, 0.25) is 0 Å². The molecule has 3 fully saturated rings. The average molecular weight is 458 g/mol. The van der Waals surface area contributed by atoms with Gasteiger partial charge in [-0.3, -0.25) is 4.90 Å². The second-order valence-corrected chi connectivity index (χ2v) is 10.8. The third-order valence-electron chi connectivity index (χ3n) is 9.52. The summed E-state index contributed by atoms with van der Waals surface area (Å²) in [6, 6.07) is 4.76. The Morgan fingerprint density at radius 2 is 1.88 bits per heavy atom. The molecule has 2 saturated carbocycles. The lowest BCUT2D eigenvalue weighted by atomic mass is 9.48. The Hall–Kier alpha value is -1.34. The van der Waals surface area contributed by atoms with E-state index in [9.17, 15) is 0 Å². The lowest BCUT2D eigenvalue weighted by Gasteiger charge is -2.66. The Labute approximate surface area is 197 Å². The zero-order chi connectivity index (χ0) is 22.8. The largest absolute Gasteiger partial charge is 0.490 e. The van der Waals surface area contributed by atoms with Gasteiger partial charge in [-0.2, -0.15) is 0 Å². The van der Waals surface area contributed by atoms with E-state index < -0.39 is 5.79 Å². The summed E-state index contributed by atoms with van der Waals surface area (Å²) in [5.74, 6) is 1.83. The summed E-state index contributed by atoms with van der Waals surface area (Å²) in [4.78, 5) is 2.74. The van der Waals surface area contributed by atoms with Gasteiger partial charge in [-0.15, -0.1) is 0 Å². The summed E-state index contributed by atoms with van der Waals surface area (Å²) in [6.07, 6.45) is 8.26. The molecule has 2 aliphatic heterocycles. The number of benzene rings is 1. The first-order valence-electron chi connectivity index (χ1n) is 12.9. The van der Waals surface area contributed by atoms with Crippen molar-refractivity contribution in [2.45, 2.75) is 87.2 Å². The quantitative estimate of drug-likeness (QED) is 0.412. The molecule has 1 aromatic carbocycles. The Balaban J connectivity index is 1.52. The van der Waals surface area contributed by atoms with Gasteiger partial charge < -0.3 is 23.7 Å². The van der Waals surface area contributed by atoms with Crippen LogP contribution in [0.15, 0.2) is 12.1 Å². The molecule has 6 rings (SSSR count). The normalized spacial score (nSPS) is 35.8. The van der Waals surface area contributed by atoms with Crippen LogP contribution in [0, 0.1) is 5.92 Å². The fourth-order valence-corrected chi connectivity index (χ4v) is 7.76. The molecule has 4 atom stereocenters. The van der Waals surface area contributed by atoms with E-state index in [1.54, 1.807) is 14.2 Å². The number of unbranched alkanes of at least 4 members (excludes halogenated alkanes) is 1. The summed E-state index contributed by atoms with van der Waals surface area (Å²) >= 11 is 0. The van der Waals surface area contributed by atoms with Crippen molar-refractivity contribution < 1.29 is 23.7 Å². The molecule has 3 aliphatic carbocycles. The van der Waals surface area contributed by atoms with Crippen molar-refractivity contribution in [3.05, 3.63) is 23.3 Å². The third kappa shape index (κ3) is 2.81. The highest BCUT2D eigenvalue weighted by Gasteiger charge is 2.77. The van der Waals surface area contributed by atoms with Gasteiger partial charge in [0.15, 0.2) is 17.6 Å². The lowest BCUT2D eigenvalue weighted by Crippen LogP contribution is -2.80. The van der Waals surface area contributed by atoms with Crippen molar-refractivity contribution in [2.75, 3.05) is 41.0 Å². The predicted molar refractivity (Wildman–Crippen MR) is 125 cm³/mol. The van der Waals surface area contributed by atoms with Crippen LogP contribution in [0.25, 0.3) is 0 Å². The van der Waals surface area contributed by atoms with Crippen LogP contribution >= 0.6 is 0 Å². The molecule has 2 heterocycles. The standard InChI is InChI=1S/C27H39NO5/c1-5-6-15-32-20-10-9-19-16-21-26(29-2)11-12-27(30-3,31-4)24-25(26,22(19)23(20)33-24)13-14-28(21)17-18-7-8-18/h9-10,18,21,24H,5-8,11-17H2,1-4H3/t21-,24-,25+,26-/m1/s1. The second kappa shape index (κ2) is 7.84. The van der Waals surface area contributed by atoms with Gasteiger partial charge in [0.05, 0.1) is 17.6 Å². The number of hydrogen-bond donors (Lipinski definition) is 0. The minimum absolute atomic E-state index is 0.260. The van der Waals surface area contributed by atoms with Crippen LogP contribution in [0.4, 0.5) is 0 Å². The first-order valence-corrected chi connectivity index (χ1v) is 12.9. The fourth-order valence-electron chi connectivity index (χ4n) is 7.76. The molecule has 1 spiro atoms. The summed E-state index contributed by atoms with van der Waals surface area (Å²) in [5.41, 5.74) is 2.08. The van der Waals surface area contributed by atoms with Crippen LogP contribution in [0.1, 0.15) is 63.0 Å². The van der Waals surface area contributed by atoms with Gasteiger partial charge in [0.25, 0.3) is 0 Å². The molecule has 0 amide bonds. The molecular weight excluding hydrogens is 418 g/mol. The summed E-state index contributed by atoms with van der Waals surface area (Å²) in [5, 5.41) is 0. The topological polar surface area (TPSA) is 49.4 Å². The predicted octanol–water partition coefficient (Wildman–Crippen LogP) is 4.07. The molecule has 182 valence electrons. The molecule has 0 unspecified atom stereocenters. The van der Waals surface area contributed by atoms with E-state index in [2.05, 4.69) is 24.0 Å². The Morgan fingerprint density at radius 1 is 1.06 bits per heavy atom. The van der Waals surface area contributed by atoms with Crippen molar-refractivity contribution in [1.82, 2.24) is 4.90 Å². The smallest absolute Gasteiger partial charge is 0.206 e. The van der Waals surface area contributed by atoms with Crippen LogP contribution in [-0.2, 0) is 26.0 Å². The van der Waals surface area contributed by atoms with E-state index in [1.807, 2.05) is 7.11 Å². The maximum atomic E-state index is 6.92. The van der Waals surface area contributed by atoms with Gasteiger partial charge in [-0.25, -0.2) is 0 Å². The van der Waals surface area contributed by atoms with Crippen LogP contribution in [0.3, 0.4) is 0 Å². The number of nitrogens with zero attached hydrogens (tertiary/aromatic N) is 1. The minimum atomic E-state index is -0.792. The van der Waals surface area contributed by atoms with E-state index in [1.165, 1.54) is 30.5 Å². The zero-order valence-electron chi connectivity index (χ0n) is 20.7.